The summed E-state index contributed by atoms with van der Waals surface area (Å²) in [6.07, 6.45) is 2.54. The molecule has 3 nitrogen and oxygen atoms in total. The van der Waals surface area contributed by atoms with Crippen LogP contribution in [0, 0.1) is 0 Å². The minimum absolute atomic E-state index is 0.260. The molecule has 0 aliphatic carbocycles. The van der Waals surface area contributed by atoms with Crippen LogP contribution in [0.3, 0.4) is 0 Å². The van der Waals surface area contributed by atoms with E-state index < -0.39 is 0 Å². The molecule has 1 N–H and O–H groups in total. The summed E-state index contributed by atoms with van der Waals surface area (Å²) in [5.41, 5.74) is 0. The molecule has 3 heteroatoms. The maximum absolute atomic E-state index is 5.99. The Kier molecular flexibility index (Phi) is 4.19. The Hall–Kier alpha value is -2.00. The van der Waals surface area contributed by atoms with Gasteiger partial charge in [-0.3, -0.25) is 0 Å². The summed E-state index contributed by atoms with van der Waals surface area (Å²) in [6, 6.07) is 17.6. The molecule has 1 fully saturated rings. The van der Waals surface area contributed by atoms with Crippen LogP contribution in [0.15, 0.2) is 54.6 Å². The highest BCUT2D eigenvalue weighted by Crippen LogP contribution is 2.26. The monoisotopic (exact) mass is 269 g/mol. The van der Waals surface area contributed by atoms with E-state index in [1.807, 2.05) is 54.6 Å². The van der Waals surface area contributed by atoms with E-state index in [-0.39, 0.29) is 6.10 Å². The van der Waals surface area contributed by atoms with Gasteiger partial charge in [-0.1, -0.05) is 24.3 Å². The van der Waals surface area contributed by atoms with Gasteiger partial charge in [0.25, 0.3) is 0 Å². The summed E-state index contributed by atoms with van der Waals surface area (Å²) in [7, 11) is 0. The van der Waals surface area contributed by atoms with Crippen LogP contribution in [0.25, 0.3) is 0 Å². The summed E-state index contributed by atoms with van der Waals surface area (Å²) in [4.78, 5) is 0. The SMILES string of the molecule is c1ccc(Oc2cccc(OC3CCCNC3)c2)cc1. The van der Waals surface area contributed by atoms with Crippen LogP contribution >= 0.6 is 0 Å². The number of hydrogen-bond acceptors (Lipinski definition) is 3. The molecule has 0 aromatic heterocycles. The molecule has 0 bridgehead atoms. The Morgan fingerprint density at radius 1 is 0.900 bits per heavy atom. The van der Waals surface area contributed by atoms with Crippen molar-refractivity contribution in [2.75, 3.05) is 13.1 Å². The van der Waals surface area contributed by atoms with Crippen molar-refractivity contribution < 1.29 is 9.47 Å². The van der Waals surface area contributed by atoms with Crippen molar-refractivity contribution in [3.63, 3.8) is 0 Å². The Morgan fingerprint density at radius 3 is 2.50 bits per heavy atom. The Bertz CT molecular complexity index is 536. The fourth-order valence-corrected chi connectivity index (χ4v) is 2.35. The predicted octanol–water partition coefficient (Wildman–Crippen LogP) is 3.61. The average molecular weight is 269 g/mol. The minimum atomic E-state index is 0.260. The number of hydrogen-bond donors (Lipinski definition) is 1. The average Bonchev–Trinajstić information content (AvgIpc) is 2.50. The van der Waals surface area contributed by atoms with Crippen LogP contribution in [0.4, 0.5) is 0 Å². The zero-order valence-corrected chi connectivity index (χ0v) is 11.4. The van der Waals surface area contributed by atoms with Crippen molar-refractivity contribution in [2.24, 2.45) is 0 Å². The third kappa shape index (κ3) is 3.52. The quantitative estimate of drug-likeness (QED) is 0.919. The van der Waals surface area contributed by atoms with Crippen molar-refractivity contribution in [3.05, 3.63) is 54.6 Å². The lowest BCUT2D eigenvalue weighted by Gasteiger charge is -2.24. The van der Waals surface area contributed by atoms with Crippen molar-refractivity contribution in [1.29, 1.82) is 0 Å². The molecule has 0 amide bonds. The van der Waals surface area contributed by atoms with Gasteiger partial charge in [-0.25, -0.2) is 0 Å². The molecule has 20 heavy (non-hydrogen) atoms. The second-order valence-corrected chi connectivity index (χ2v) is 4.98. The number of benzene rings is 2. The zero-order chi connectivity index (χ0) is 13.6. The van der Waals surface area contributed by atoms with E-state index in [1.165, 1.54) is 6.42 Å². The normalized spacial score (nSPS) is 18.5. The molecular weight excluding hydrogens is 250 g/mol. The van der Waals surface area contributed by atoms with E-state index in [1.54, 1.807) is 0 Å². The number of para-hydroxylation sites is 1. The Balaban J connectivity index is 1.66. The van der Waals surface area contributed by atoms with Crippen LogP contribution < -0.4 is 14.8 Å². The third-order valence-electron chi connectivity index (χ3n) is 3.34. The zero-order valence-electron chi connectivity index (χ0n) is 11.4. The molecule has 3 rings (SSSR count). The van der Waals surface area contributed by atoms with Gasteiger partial charge in [-0.05, 0) is 43.7 Å². The standard InChI is InChI=1S/C17H19NO2/c1-2-6-14(7-3-1)19-15-8-4-9-16(12-15)20-17-10-5-11-18-13-17/h1-4,6-9,12,17-18H,5,10-11,13H2. The molecule has 1 heterocycles. The molecule has 104 valence electrons. The highest BCUT2D eigenvalue weighted by atomic mass is 16.5. The molecule has 1 atom stereocenters. The van der Waals surface area contributed by atoms with E-state index in [4.69, 9.17) is 9.47 Å². The van der Waals surface area contributed by atoms with Crippen LogP contribution in [0.2, 0.25) is 0 Å². The number of nitrogens with one attached hydrogen (secondary N) is 1. The lowest BCUT2D eigenvalue weighted by Crippen LogP contribution is -2.37. The first-order valence-corrected chi connectivity index (χ1v) is 7.10. The lowest BCUT2D eigenvalue weighted by atomic mass is 10.1. The molecule has 2 aromatic rings. The first-order valence-electron chi connectivity index (χ1n) is 7.10. The number of rotatable bonds is 4. The summed E-state index contributed by atoms with van der Waals surface area (Å²) in [6.45, 7) is 2.01. The third-order valence-corrected chi connectivity index (χ3v) is 3.34. The van der Waals surface area contributed by atoms with E-state index in [9.17, 15) is 0 Å². The molecule has 1 unspecified atom stereocenters. The van der Waals surface area contributed by atoms with E-state index in [2.05, 4.69) is 5.32 Å². The van der Waals surface area contributed by atoms with Crippen LogP contribution in [-0.2, 0) is 0 Å². The van der Waals surface area contributed by atoms with Crippen molar-refractivity contribution in [2.45, 2.75) is 18.9 Å². The summed E-state index contributed by atoms with van der Waals surface area (Å²) >= 11 is 0. The topological polar surface area (TPSA) is 30.5 Å². The summed E-state index contributed by atoms with van der Waals surface area (Å²) in [5, 5.41) is 3.35. The Morgan fingerprint density at radius 2 is 1.70 bits per heavy atom. The van der Waals surface area contributed by atoms with Gasteiger partial charge in [-0.2, -0.15) is 0 Å². The molecule has 1 aliphatic heterocycles. The van der Waals surface area contributed by atoms with Crippen molar-refractivity contribution >= 4 is 0 Å². The largest absolute Gasteiger partial charge is 0.489 e. The Labute approximate surface area is 119 Å². The van der Waals surface area contributed by atoms with Crippen LogP contribution in [-0.4, -0.2) is 19.2 Å². The smallest absolute Gasteiger partial charge is 0.131 e. The van der Waals surface area contributed by atoms with Gasteiger partial charge in [0.2, 0.25) is 0 Å². The number of ether oxygens (including phenoxy) is 2. The van der Waals surface area contributed by atoms with Crippen molar-refractivity contribution in [1.82, 2.24) is 5.32 Å². The van der Waals surface area contributed by atoms with Gasteiger partial charge in [0.1, 0.15) is 23.4 Å². The molecule has 0 spiro atoms. The first-order chi connectivity index (χ1) is 9.90. The van der Waals surface area contributed by atoms with Crippen LogP contribution in [0.1, 0.15) is 12.8 Å². The van der Waals surface area contributed by atoms with E-state index in [0.717, 1.165) is 36.8 Å². The fraction of sp³-hybridized carbons (Fsp3) is 0.294. The lowest BCUT2D eigenvalue weighted by molar-refractivity contribution is 0.167. The molecule has 2 aromatic carbocycles. The van der Waals surface area contributed by atoms with Crippen LogP contribution in [0.5, 0.6) is 17.2 Å². The van der Waals surface area contributed by atoms with Gasteiger partial charge in [0.15, 0.2) is 0 Å². The van der Waals surface area contributed by atoms with Gasteiger partial charge < -0.3 is 14.8 Å². The second kappa shape index (κ2) is 6.44. The highest BCUT2D eigenvalue weighted by Gasteiger charge is 2.14. The molecule has 0 radical (unpaired) electrons. The first kappa shape index (κ1) is 13.0. The van der Waals surface area contributed by atoms with Gasteiger partial charge in [0.05, 0.1) is 0 Å². The maximum atomic E-state index is 5.99. The van der Waals surface area contributed by atoms with Gasteiger partial charge >= 0.3 is 0 Å². The summed E-state index contributed by atoms with van der Waals surface area (Å²) < 4.78 is 11.8. The fourth-order valence-electron chi connectivity index (χ4n) is 2.35. The van der Waals surface area contributed by atoms with Gasteiger partial charge in [0, 0.05) is 12.6 Å². The minimum Gasteiger partial charge on any atom is -0.489 e. The predicted molar refractivity (Wildman–Crippen MR) is 79.5 cm³/mol. The van der Waals surface area contributed by atoms with Crippen molar-refractivity contribution in [3.8, 4) is 17.2 Å². The number of piperidine rings is 1. The molecule has 0 saturated carbocycles. The van der Waals surface area contributed by atoms with E-state index >= 15 is 0 Å². The second-order valence-electron chi connectivity index (χ2n) is 4.98. The summed E-state index contributed by atoms with van der Waals surface area (Å²) in [5.74, 6) is 2.51. The van der Waals surface area contributed by atoms with Gasteiger partial charge in [-0.15, -0.1) is 0 Å². The highest BCUT2D eigenvalue weighted by molar-refractivity contribution is 5.36. The maximum Gasteiger partial charge on any atom is 0.131 e. The van der Waals surface area contributed by atoms with E-state index in [0.29, 0.717) is 0 Å². The molecular formula is C17H19NO2. The molecule has 1 aliphatic rings. The molecule has 1 saturated heterocycles.